The number of ether oxygens (including phenoxy) is 2. The minimum atomic E-state index is -0.619. The second-order valence-corrected chi connectivity index (χ2v) is 4.55. The molecule has 1 aromatic rings. The molecule has 1 aromatic carbocycles. The van der Waals surface area contributed by atoms with Gasteiger partial charge in [0.05, 0.1) is 20.8 Å². The van der Waals surface area contributed by atoms with Gasteiger partial charge in [0.1, 0.15) is 6.04 Å². The van der Waals surface area contributed by atoms with Crippen LogP contribution in [0.2, 0.25) is 0 Å². The number of methoxy groups -OCH3 is 2. The number of fused-ring (bicyclic) bond motifs is 1. The summed E-state index contributed by atoms with van der Waals surface area (Å²) in [5.74, 6) is -0.417. The van der Waals surface area contributed by atoms with Crippen molar-refractivity contribution in [3.05, 3.63) is 34.9 Å². The van der Waals surface area contributed by atoms with E-state index in [2.05, 4.69) is 0 Å². The molecule has 0 radical (unpaired) electrons. The van der Waals surface area contributed by atoms with Crippen molar-refractivity contribution >= 4 is 12.1 Å². The summed E-state index contributed by atoms with van der Waals surface area (Å²) in [6.07, 6.45) is -0.0494. The van der Waals surface area contributed by atoms with Crippen molar-refractivity contribution < 1.29 is 19.1 Å². The number of benzene rings is 1. The monoisotopic (exact) mass is 263 g/mol. The molecule has 0 aromatic heterocycles. The molecule has 0 bridgehead atoms. The molecule has 5 heteroatoms. The number of rotatable bonds is 1. The van der Waals surface area contributed by atoms with Crippen molar-refractivity contribution in [2.75, 3.05) is 14.2 Å². The van der Waals surface area contributed by atoms with Gasteiger partial charge >= 0.3 is 12.1 Å². The maximum Gasteiger partial charge on any atom is 0.410 e. The zero-order valence-corrected chi connectivity index (χ0v) is 11.3. The third-order valence-electron chi connectivity index (χ3n) is 3.50. The molecule has 0 saturated heterocycles. The predicted molar refractivity (Wildman–Crippen MR) is 68.6 cm³/mol. The van der Waals surface area contributed by atoms with E-state index in [1.807, 2.05) is 25.1 Å². The average Bonchev–Trinajstić information content (AvgIpc) is 2.44. The Morgan fingerprint density at radius 1 is 1.26 bits per heavy atom. The first-order valence-corrected chi connectivity index (χ1v) is 6.08. The predicted octanol–water partition coefficient (Wildman–Crippen LogP) is 1.66. The van der Waals surface area contributed by atoms with E-state index in [1.165, 1.54) is 19.1 Å². The summed E-state index contributed by atoms with van der Waals surface area (Å²) >= 11 is 0. The van der Waals surface area contributed by atoms with Crippen molar-refractivity contribution in [3.8, 4) is 0 Å². The van der Waals surface area contributed by atoms with Gasteiger partial charge in [-0.05, 0) is 23.6 Å². The maximum atomic E-state index is 11.8. The fourth-order valence-electron chi connectivity index (χ4n) is 2.46. The van der Waals surface area contributed by atoms with Crippen molar-refractivity contribution in [2.24, 2.45) is 0 Å². The second kappa shape index (κ2) is 5.30. The van der Waals surface area contributed by atoms with E-state index in [0.717, 1.165) is 16.7 Å². The van der Waals surface area contributed by atoms with E-state index in [4.69, 9.17) is 9.47 Å². The smallest absolute Gasteiger partial charge is 0.410 e. The van der Waals surface area contributed by atoms with Gasteiger partial charge in [-0.25, -0.2) is 9.59 Å². The highest BCUT2D eigenvalue weighted by Crippen LogP contribution is 2.27. The summed E-state index contributed by atoms with van der Waals surface area (Å²) in [6.45, 7) is 2.37. The van der Waals surface area contributed by atoms with E-state index >= 15 is 0 Å². The van der Waals surface area contributed by atoms with Crippen LogP contribution in [0.25, 0.3) is 0 Å². The summed E-state index contributed by atoms with van der Waals surface area (Å²) in [6, 6.07) is 5.29. The molecule has 0 N–H and O–H groups in total. The molecule has 0 spiro atoms. The van der Waals surface area contributed by atoms with Crippen molar-refractivity contribution in [2.45, 2.75) is 25.9 Å². The molecule has 0 fully saturated rings. The van der Waals surface area contributed by atoms with Gasteiger partial charge in [-0.3, -0.25) is 4.90 Å². The van der Waals surface area contributed by atoms with Gasteiger partial charge in [0, 0.05) is 6.42 Å². The molecule has 1 aliphatic rings. The molecule has 2 rings (SSSR count). The van der Waals surface area contributed by atoms with E-state index < -0.39 is 18.1 Å². The summed E-state index contributed by atoms with van der Waals surface area (Å²) in [5.41, 5.74) is 3.28. The van der Waals surface area contributed by atoms with Crippen LogP contribution in [0.5, 0.6) is 0 Å². The topological polar surface area (TPSA) is 55.8 Å². The molecule has 5 nitrogen and oxygen atoms in total. The van der Waals surface area contributed by atoms with E-state index in [1.54, 1.807) is 0 Å². The third-order valence-corrected chi connectivity index (χ3v) is 3.50. The van der Waals surface area contributed by atoms with Crippen molar-refractivity contribution in [1.82, 2.24) is 4.90 Å². The number of hydrogen-bond acceptors (Lipinski definition) is 4. The van der Waals surface area contributed by atoms with E-state index in [9.17, 15) is 9.59 Å². The van der Waals surface area contributed by atoms with Crippen LogP contribution in [0.15, 0.2) is 18.2 Å². The Morgan fingerprint density at radius 2 is 2.00 bits per heavy atom. The van der Waals surface area contributed by atoms with Gasteiger partial charge in [-0.2, -0.15) is 0 Å². The lowest BCUT2D eigenvalue weighted by molar-refractivity contribution is -0.146. The van der Waals surface area contributed by atoms with Crippen LogP contribution in [-0.2, 0) is 27.2 Å². The Hall–Kier alpha value is -2.04. The van der Waals surface area contributed by atoms with Gasteiger partial charge in [-0.1, -0.05) is 18.2 Å². The van der Waals surface area contributed by atoms with Gasteiger partial charge < -0.3 is 9.47 Å². The van der Waals surface area contributed by atoms with Gasteiger partial charge in [0.15, 0.2) is 0 Å². The Kier molecular flexibility index (Phi) is 3.74. The quantitative estimate of drug-likeness (QED) is 0.723. The second-order valence-electron chi connectivity index (χ2n) is 4.55. The first-order chi connectivity index (χ1) is 9.08. The van der Waals surface area contributed by atoms with Gasteiger partial charge in [0.25, 0.3) is 0 Å². The lowest BCUT2D eigenvalue weighted by atomic mass is 9.91. The summed E-state index contributed by atoms with van der Waals surface area (Å²) in [4.78, 5) is 25.0. The Balaban J connectivity index is 2.39. The van der Waals surface area contributed by atoms with Crippen LogP contribution >= 0.6 is 0 Å². The van der Waals surface area contributed by atoms with Crippen LogP contribution in [0.1, 0.15) is 16.7 Å². The molecular formula is C14H17NO4. The largest absolute Gasteiger partial charge is 0.467 e. The number of aryl methyl sites for hydroxylation is 1. The molecule has 0 saturated carbocycles. The number of carbonyl (C=O) groups is 2. The number of esters is 1. The first kappa shape index (κ1) is 13.4. The Labute approximate surface area is 112 Å². The highest BCUT2D eigenvalue weighted by atomic mass is 16.5. The minimum Gasteiger partial charge on any atom is -0.467 e. The van der Waals surface area contributed by atoms with E-state index in [0.29, 0.717) is 13.0 Å². The fraction of sp³-hybridized carbons (Fsp3) is 0.429. The standard InChI is InChI=1S/C14H17NO4/c1-9-5-4-6-10-8-15(14(17)19-3)12(7-11(9)10)13(16)18-2/h4-6,12H,7-8H2,1-3H3/t12-/m1/s1. The first-order valence-electron chi connectivity index (χ1n) is 6.08. The van der Waals surface area contributed by atoms with E-state index in [-0.39, 0.29) is 0 Å². The van der Waals surface area contributed by atoms with Crippen LogP contribution in [0.4, 0.5) is 4.79 Å². The van der Waals surface area contributed by atoms with Crippen LogP contribution in [0, 0.1) is 6.92 Å². The third kappa shape index (κ3) is 2.41. The molecule has 19 heavy (non-hydrogen) atoms. The van der Waals surface area contributed by atoms with Gasteiger partial charge in [-0.15, -0.1) is 0 Å². The average molecular weight is 263 g/mol. The molecular weight excluding hydrogens is 246 g/mol. The highest BCUT2D eigenvalue weighted by Gasteiger charge is 2.36. The molecule has 1 aliphatic heterocycles. The highest BCUT2D eigenvalue weighted by molar-refractivity contribution is 5.82. The normalized spacial score (nSPS) is 17.6. The number of carbonyl (C=O) groups excluding carboxylic acids is 2. The Morgan fingerprint density at radius 3 is 2.63 bits per heavy atom. The molecule has 1 amide bonds. The van der Waals surface area contributed by atoms with Gasteiger partial charge in [0.2, 0.25) is 0 Å². The lowest BCUT2D eigenvalue weighted by Gasteiger charge is -2.34. The SMILES string of the molecule is COC(=O)[C@H]1Cc2c(C)cccc2CN1C(=O)OC. The summed E-state index contributed by atoms with van der Waals surface area (Å²) in [5, 5.41) is 0. The lowest BCUT2D eigenvalue weighted by Crippen LogP contribution is -2.49. The Bertz CT molecular complexity index is 512. The molecule has 1 atom stereocenters. The molecule has 0 unspecified atom stereocenters. The van der Waals surface area contributed by atoms with Crippen molar-refractivity contribution in [3.63, 3.8) is 0 Å². The summed E-state index contributed by atoms with van der Waals surface area (Å²) in [7, 11) is 2.63. The zero-order chi connectivity index (χ0) is 14.0. The summed E-state index contributed by atoms with van der Waals surface area (Å²) < 4.78 is 9.52. The van der Waals surface area contributed by atoms with Crippen molar-refractivity contribution in [1.29, 1.82) is 0 Å². The number of hydrogen-bond donors (Lipinski definition) is 0. The molecule has 1 heterocycles. The number of nitrogens with zero attached hydrogens (tertiary/aromatic N) is 1. The van der Waals surface area contributed by atoms with Crippen LogP contribution in [0.3, 0.4) is 0 Å². The molecule has 102 valence electrons. The van der Waals surface area contributed by atoms with Crippen LogP contribution < -0.4 is 0 Å². The zero-order valence-electron chi connectivity index (χ0n) is 11.3. The van der Waals surface area contributed by atoms with Crippen LogP contribution in [-0.4, -0.2) is 37.2 Å². The maximum absolute atomic E-state index is 11.8. The molecule has 0 aliphatic carbocycles. The number of amides is 1. The fourth-order valence-corrected chi connectivity index (χ4v) is 2.46. The minimum absolute atomic E-state index is 0.365.